The highest BCUT2D eigenvalue weighted by molar-refractivity contribution is 5.73. The fraction of sp³-hybridized carbons (Fsp3) is 0.765. The molecule has 5 heteroatoms. The van der Waals surface area contributed by atoms with Gasteiger partial charge in [0.25, 0.3) is 0 Å². The van der Waals surface area contributed by atoms with Crippen LogP contribution < -0.4 is 0 Å². The molecule has 0 aromatic rings. The minimum atomic E-state index is -1.31. The minimum Gasteiger partial charge on any atom is -0.481 e. The van der Waals surface area contributed by atoms with Crippen LogP contribution >= 0.6 is 0 Å². The van der Waals surface area contributed by atoms with Crippen LogP contribution in [0.25, 0.3) is 0 Å². The third-order valence-electron chi connectivity index (χ3n) is 3.84. The normalized spacial score (nSPS) is 13.5. The summed E-state index contributed by atoms with van der Waals surface area (Å²) in [5.74, 6) is -3.26. The molecule has 0 amide bonds. The Bertz CT molecular complexity index is 327. The number of aliphatic carboxylic acids is 2. The van der Waals surface area contributed by atoms with E-state index in [9.17, 15) is 14.7 Å². The number of aliphatic hydroxyl groups is 1. The zero-order chi connectivity index (χ0) is 16.8. The van der Waals surface area contributed by atoms with Crippen LogP contribution in [0.4, 0.5) is 0 Å². The van der Waals surface area contributed by atoms with Gasteiger partial charge >= 0.3 is 11.9 Å². The molecule has 0 bridgehead atoms. The lowest BCUT2D eigenvalue weighted by atomic mass is 9.93. The summed E-state index contributed by atoms with van der Waals surface area (Å²) in [6.45, 7) is 3.69. The maximum atomic E-state index is 11.1. The van der Waals surface area contributed by atoms with Gasteiger partial charge in [0.2, 0.25) is 0 Å². The summed E-state index contributed by atoms with van der Waals surface area (Å²) in [4.78, 5) is 21.6. The number of hydrogen-bond acceptors (Lipinski definition) is 3. The van der Waals surface area contributed by atoms with E-state index < -0.39 is 30.4 Å². The summed E-state index contributed by atoms with van der Waals surface area (Å²) in [7, 11) is 0. The van der Waals surface area contributed by atoms with Gasteiger partial charge in [-0.05, 0) is 19.3 Å². The second-order valence-corrected chi connectivity index (χ2v) is 5.80. The SMILES string of the molecule is C=CCCCCCCCCCCC(C(=O)O)C(O)CC(=O)O. The van der Waals surface area contributed by atoms with E-state index in [0.717, 1.165) is 25.7 Å². The molecule has 0 fully saturated rings. The number of carboxylic acids is 2. The summed E-state index contributed by atoms with van der Waals surface area (Å²) in [6.07, 6.45) is 10.2. The van der Waals surface area contributed by atoms with Gasteiger partial charge in [-0.15, -0.1) is 6.58 Å². The van der Waals surface area contributed by atoms with Crippen LogP contribution in [0, 0.1) is 5.92 Å². The zero-order valence-electron chi connectivity index (χ0n) is 13.4. The predicted octanol–water partition coefficient (Wildman–Crippen LogP) is 3.61. The largest absolute Gasteiger partial charge is 0.481 e. The molecule has 2 unspecified atom stereocenters. The molecule has 2 atom stereocenters. The van der Waals surface area contributed by atoms with Crippen LogP contribution in [-0.4, -0.2) is 33.4 Å². The van der Waals surface area contributed by atoms with Gasteiger partial charge in [-0.1, -0.05) is 51.0 Å². The molecular weight excluding hydrogens is 284 g/mol. The van der Waals surface area contributed by atoms with E-state index in [1.165, 1.54) is 25.7 Å². The van der Waals surface area contributed by atoms with Crippen molar-refractivity contribution in [2.45, 2.75) is 76.7 Å². The third kappa shape index (κ3) is 11.3. The maximum absolute atomic E-state index is 11.1. The first-order chi connectivity index (χ1) is 10.5. The molecule has 0 saturated heterocycles. The highest BCUT2D eigenvalue weighted by Crippen LogP contribution is 2.18. The topological polar surface area (TPSA) is 94.8 Å². The van der Waals surface area contributed by atoms with Gasteiger partial charge in [-0.25, -0.2) is 0 Å². The van der Waals surface area contributed by atoms with E-state index in [1.807, 2.05) is 6.08 Å². The van der Waals surface area contributed by atoms with E-state index in [4.69, 9.17) is 10.2 Å². The number of rotatable bonds is 15. The van der Waals surface area contributed by atoms with Crippen molar-refractivity contribution in [1.29, 1.82) is 0 Å². The van der Waals surface area contributed by atoms with Crippen molar-refractivity contribution in [2.24, 2.45) is 5.92 Å². The quantitative estimate of drug-likeness (QED) is 0.317. The first-order valence-electron chi connectivity index (χ1n) is 8.22. The van der Waals surface area contributed by atoms with Crippen LogP contribution in [0.2, 0.25) is 0 Å². The number of hydrogen-bond donors (Lipinski definition) is 3. The van der Waals surface area contributed by atoms with E-state index in [1.54, 1.807) is 0 Å². The molecule has 0 saturated carbocycles. The molecule has 0 aliphatic heterocycles. The second-order valence-electron chi connectivity index (χ2n) is 5.80. The molecule has 0 heterocycles. The Balaban J connectivity index is 3.67. The lowest BCUT2D eigenvalue weighted by molar-refractivity contribution is -0.148. The average molecular weight is 314 g/mol. The molecule has 22 heavy (non-hydrogen) atoms. The van der Waals surface area contributed by atoms with Crippen LogP contribution in [0.5, 0.6) is 0 Å². The number of carboxylic acid groups (broad SMARTS) is 2. The molecule has 0 rings (SSSR count). The average Bonchev–Trinajstić information content (AvgIpc) is 2.43. The highest BCUT2D eigenvalue weighted by atomic mass is 16.4. The Hall–Kier alpha value is -1.36. The van der Waals surface area contributed by atoms with Crippen molar-refractivity contribution in [3.8, 4) is 0 Å². The minimum absolute atomic E-state index is 0.336. The van der Waals surface area contributed by atoms with Gasteiger partial charge in [-0.3, -0.25) is 9.59 Å². The molecule has 0 aromatic carbocycles. The van der Waals surface area contributed by atoms with E-state index in [0.29, 0.717) is 12.8 Å². The van der Waals surface area contributed by atoms with Crippen LogP contribution in [0.1, 0.15) is 70.6 Å². The summed E-state index contributed by atoms with van der Waals surface area (Å²) in [5, 5.41) is 27.3. The smallest absolute Gasteiger partial charge is 0.309 e. The molecule has 128 valence electrons. The Morgan fingerprint density at radius 1 is 0.909 bits per heavy atom. The van der Waals surface area contributed by atoms with E-state index in [2.05, 4.69) is 6.58 Å². The summed E-state index contributed by atoms with van der Waals surface area (Å²) < 4.78 is 0. The summed E-state index contributed by atoms with van der Waals surface area (Å²) in [6, 6.07) is 0. The first-order valence-corrected chi connectivity index (χ1v) is 8.22. The van der Waals surface area contributed by atoms with Crippen molar-refractivity contribution >= 4 is 11.9 Å². The van der Waals surface area contributed by atoms with Gasteiger partial charge in [0.05, 0.1) is 18.4 Å². The molecule has 0 aromatic heterocycles. The van der Waals surface area contributed by atoms with Gasteiger partial charge in [0, 0.05) is 0 Å². The molecule has 0 aliphatic rings. The number of unbranched alkanes of at least 4 members (excludes halogenated alkanes) is 8. The van der Waals surface area contributed by atoms with Crippen molar-refractivity contribution in [1.82, 2.24) is 0 Å². The lowest BCUT2D eigenvalue weighted by Gasteiger charge is -2.17. The van der Waals surface area contributed by atoms with Gasteiger partial charge in [0.1, 0.15) is 0 Å². The van der Waals surface area contributed by atoms with Gasteiger partial charge in [-0.2, -0.15) is 0 Å². The monoisotopic (exact) mass is 314 g/mol. The molecule has 0 aliphatic carbocycles. The second kappa shape index (κ2) is 13.3. The van der Waals surface area contributed by atoms with Crippen molar-refractivity contribution < 1.29 is 24.9 Å². The highest BCUT2D eigenvalue weighted by Gasteiger charge is 2.27. The van der Waals surface area contributed by atoms with Crippen LogP contribution in [0.15, 0.2) is 12.7 Å². The molecule has 5 nitrogen and oxygen atoms in total. The molecule has 3 N–H and O–H groups in total. The fourth-order valence-electron chi connectivity index (χ4n) is 2.52. The fourth-order valence-corrected chi connectivity index (χ4v) is 2.52. The van der Waals surface area contributed by atoms with Crippen LogP contribution in [0.3, 0.4) is 0 Å². The van der Waals surface area contributed by atoms with E-state index >= 15 is 0 Å². The first kappa shape index (κ1) is 20.6. The van der Waals surface area contributed by atoms with Gasteiger partial charge < -0.3 is 15.3 Å². The maximum Gasteiger partial charge on any atom is 0.309 e. The lowest BCUT2D eigenvalue weighted by Crippen LogP contribution is -2.30. The zero-order valence-corrected chi connectivity index (χ0v) is 13.4. The predicted molar refractivity (Wildman–Crippen MR) is 85.8 cm³/mol. The Kier molecular flexibility index (Phi) is 12.5. The Labute approximate surface area is 133 Å². The standard InChI is InChI=1S/C17H30O5/c1-2-3-4-5-6-7-8-9-10-11-12-14(17(21)22)15(18)13-16(19)20/h2,14-15,18H,1,3-13H2,(H,19,20)(H,21,22). The van der Waals surface area contributed by atoms with Crippen molar-refractivity contribution in [3.05, 3.63) is 12.7 Å². The number of carbonyl (C=O) groups is 2. The Morgan fingerprint density at radius 2 is 1.41 bits per heavy atom. The van der Waals surface area contributed by atoms with Gasteiger partial charge in [0.15, 0.2) is 0 Å². The molecular formula is C17H30O5. The molecule has 0 spiro atoms. The van der Waals surface area contributed by atoms with Crippen molar-refractivity contribution in [3.63, 3.8) is 0 Å². The number of allylic oxidation sites excluding steroid dienone is 1. The summed E-state index contributed by atoms with van der Waals surface area (Å²) in [5.41, 5.74) is 0. The molecule has 0 radical (unpaired) electrons. The number of aliphatic hydroxyl groups excluding tert-OH is 1. The van der Waals surface area contributed by atoms with Crippen LogP contribution in [-0.2, 0) is 9.59 Å². The van der Waals surface area contributed by atoms with Crippen molar-refractivity contribution in [2.75, 3.05) is 0 Å². The summed E-state index contributed by atoms with van der Waals surface area (Å²) >= 11 is 0. The van der Waals surface area contributed by atoms with E-state index in [-0.39, 0.29) is 0 Å². The third-order valence-corrected chi connectivity index (χ3v) is 3.84. The Morgan fingerprint density at radius 3 is 1.86 bits per heavy atom.